The van der Waals surface area contributed by atoms with Crippen molar-refractivity contribution in [1.29, 1.82) is 0 Å². The molecule has 1 fully saturated rings. The molecule has 2 heterocycles. The standard InChI is InChI=1S/C24H27N5O3/c1-2-22(30)28-14-6-7-18(16-28)29-21(25)15-24(27-29,23(26)31)17-10-12-20(13-11-17)32-19-8-4-3-5-9-19/h2-5,8-13,15,18,27H,1,6-7,14,16,25H2,(H2,26,31)/t18?,24-/m1/s1. The third-order valence-electron chi connectivity index (χ3n) is 5.86. The molecule has 2 atom stereocenters. The SMILES string of the molecule is C=CC(=O)N1CCCC(N2N[C@@](C(N)=O)(c3ccc(Oc4ccccc4)cc3)C=C2N)C1. The van der Waals surface area contributed by atoms with Crippen molar-refractivity contribution in [3.63, 3.8) is 0 Å². The molecule has 4 rings (SSSR count). The zero-order chi connectivity index (χ0) is 22.7. The van der Waals surface area contributed by atoms with Crippen molar-refractivity contribution in [2.75, 3.05) is 13.1 Å². The molecule has 2 aliphatic rings. The van der Waals surface area contributed by atoms with Crippen LogP contribution in [0.3, 0.4) is 0 Å². The fourth-order valence-electron chi connectivity index (χ4n) is 4.20. The fraction of sp³-hybridized carbons (Fsp3) is 0.250. The highest BCUT2D eigenvalue weighted by molar-refractivity contribution is 5.89. The summed E-state index contributed by atoms with van der Waals surface area (Å²) in [6.07, 6.45) is 4.59. The number of hydrogen-bond donors (Lipinski definition) is 3. The molecule has 0 bridgehead atoms. The first-order chi connectivity index (χ1) is 15.4. The number of likely N-dealkylation sites (tertiary alicyclic amines) is 1. The molecule has 1 unspecified atom stereocenters. The Morgan fingerprint density at radius 3 is 2.47 bits per heavy atom. The average molecular weight is 434 g/mol. The monoisotopic (exact) mass is 433 g/mol. The van der Waals surface area contributed by atoms with Gasteiger partial charge in [-0.25, -0.2) is 5.43 Å². The Labute approximate surface area is 187 Å². The third-order valence-corrected chi connectivity index (χ3v) is 5.86. The van der Waals surface area contributed by atoms with Crippen molar-refractivity contribution in [2.45, 2.75) is 24.4 Å². The predicted molar refractivity (Wildman–Crippen MR) is 121 cm³/mol. The lowest BCUT2D eigenvalue weighted by molar-refractivity contribution is -0.129. The maximum atomic E-state index is 12.6. The van der Waals surface area contributed by atoms with Gasteiger partial charge in [0.2, 0.25) is 11.8 Å². The summed E-state index contributed by atoms with van der Waals surface area (Å²) in [7, 11) is 0. The van der Waals surface area contributed by atoms with Gasteiger partial charge in [0.05, 0.1) is 6.04 Å². The molecular formula is C24H27N5O3. The summed E-state index contributed by atoms with van der Waals surface area (Å²) in [4.78, 5) is 26.4. The first-order valence-electron chi connectivity index (χ1n) is 10.5. The maximum Gasteiger partial charge on any atom is 0.248 e. The number of para-hydroxylation sites is 1. The number of carbonyl (C=O) groups is 2. The Bertz CT molecular complexity index is 1040. The fourth-order valence-corrected chi connectivity index (χ4v) is 4.20. The van der Waals surface area contributed by atoms with Crippen molar-refractivity contribution >= 4 is 11.8 Å². The van der Waals surface area contributed by atoms with E-state index in [9.17, 15) is 9.59 Å². The van der Waals surface area contributed by atoms with E-state index in [1.807, 2.05) is 30.3 Å². The van der Waals surface area contributed by atoms with Gasteiger partial charge in [0.25, 0.3) is 0 Å². The number of nitrogens with two attached hydrogens (primary N) is 2. The van der Waals surface area contributed by atoms with Crippen molar-refractivity contribution in [1.82, 2.24) is 15.3 Å². The first-order valence-corrected chi connectivity index (χ1v) is 10.5. The lowest BCUT2D eigenvalue weighted by Crippen LogP contribution is -2.59. The molecule has 2 amide bonds. The molecule has 32 heavy (non-hydrogen) atoms. The van der Waals surface area contributed by atoms with Gasteiger partial charge < -0.3 is 21.1 Å². The minimum absolute atomic E-state index is 0.0918. The summed E-state index contributed by atoms with van der Waals surface area (Å²) in [5.74, 6) is 1.06. The van der Waals surface area contributed by atoms with Gasteiger partial charge in [0, 0.05) is 13.1 Å². The van der Waals surface area contributed by atoms with Crippen LogP contribution in [-0.4, -0.2) is 40.9 Å². The Kier molecular flexibility index (Phi) is 5.87. The molecule has 0 aromatic heterocycles. The van der Waals surface area contributed by atoms with Gasteiger partial charge in [-0.1, -0.05) is 36.9 Å². The Balaban J connectivity index is 1.55. The second kappa shape index (κ2) is 8.76. The molecule has 166 valence electrons. The van der Waals surface area contributed by atoms with Crippen LogP contribution in [0.1, 0.15) is 18.4 Å². The van der Waals surface area contributed by atoms with Gasteiger partial charge in [-0.15, -0.1) is 0 Å². The van der Waals surface area contributed by atoms with E-state index in [1.165, 1.54) is 6.08 Å². The van der Waals surface area contributed by atoms with E-state index in [-0.39, 0.29) is 11.9 Å². The predicted octanol–water partition coefficient (Wildman–Crippen LogP) is 1.96. The number of amides is 2. The molecular weight excluding hydrogens is 406 g/mol. The zero-order valence-corrected chi connectivity index (χ0v) is 17.7. The summed E-state index contributed by atoms with van der Waals surface area (Å²) in [6, 6.07) is 16.5. The molecule has 8 nitrogen and oxygen atoms in total. The van der Waals surface area contributed by atoms with E-state index in [0.717, 1.165) is 18.6 Å². The van der Waals surface area contributed by atoms with Gasteiger partial charge in [-0.3, -0.25) is 14.6 Å². The first kappa shape index (κ1) is 21.5. The molecule has 1 saturated heterocycles. The smallest absolute Gasteiger partial charge is 0.248 e. The zero-order valence-electron chi connectivity index (χ0n) is 17.7. The number of ether oxygens (including phenoxy) is 1. The van der Waals surface area contributed by atoms with Crippen LogP contribution in [0.15, 0.2) is 79.1 Å². The van der Waals surface area contributed by atoms with E-state index < -0.39 is 11.4 Å². The van der Waals surface area contributed by atoms with Crippen LogP contribution in [0.25, 0.3) is 0 Å². The van der Waals surface area contributed by atoms with E-state index >= 15 is 0 Å². The number of nitrogens with one attached hydrogen (secondary N) is 1. The molecule has 0 radical (unpaired) electrons. The number of hydrazine groups is 1. The highest BCUT2D eigenvalue weighted by Gasteiger charge is 2.46. The normalized spacial score (nSPS) is 22.9. The summed E-state index contributed by atoms with van der Waals surface area (Å²) >= 11 is 0. The number of rotatable bonds is 6. The van der Waals surface area contributed by atoms with E-state index in [2.05, 4.69) is 12.0 Å². The van der Waals surface area contributed by atoms with Crippen LogP contribution in [0, 0.1) is 0 Å². The number of hydrogen-bond acceptors (Lipinski definition) is 6. The lowest BCUT2D eigenvalue weighted by atomic mass is 9.90. The van der Waals surface area contributed by atoms with Crippen LogP contribution >= 0.6 is 0 Å². The molecule has 2 aromatic rings. The number of primary amides is 1. The van der Waals surface area contributed by atoms with Crippen molar-refractivity contribution in [2.24, 2.45) is 11.5 Å². The van der Waals surface area contributed by atoms with Gasteiger partial charge in [0.15, 0.2) is 5.54 Å². The molecule has 8 heteroatoms. The average Bonchev–Trinajstić information content (AvgIpc) is 3.18. The number of nitrogens with zero attached hydrogens (tertiary/aromatic N) is 2. The van der Waals surface area contributed by atoms with E-state index in [4.69, 9.17) is 16.2 Å². The van der Waals surface area contributed by atoms with Crippen molar-refractivity contribution in [3.05, 3.63) is 84.7 Å². The summed E-state index contributed by atoms with van der Waals surface area (Å²) < 4.78 is 5.84. The number of carbonyl (C=O) groups excluding carboxylic acids is 2. The summed E-state index contributed by atoms with van der Waals surface area (Å²) in [5, 5.41) is 1.75. The molecule has 2 aromatic carbocycles. The second-order valence-electron chi connectivity index (χ2n) is 7.95. The summed E-state index contributed by atoms with van der Waals surface area (Å²) in [5.41, 5.74) is 14.7. The maximum absolute atomic E-state index is 12.6. The van der Waals surface area contributed by atoms with Crippen LogP contribution in [0.5, 0.6) is 11.5 Å². The van der Waals surface area contributed by atoms with Gasteiger partial charge in [-0.2, -0.15) is 0 Å². The highest BCUT2D eigenvalue weighted by atomic mass is 16.5. The summed E-state index contributed by atoms with van der Waals surface area (Å²) in [6.45, 7) is 4.71. The van der Waals surface area contributed by atoms with Crippen LogP contribution < -0.4 is 21.6 Å². The second-order valence-corrected chi connectivity index (χ2v) is 7.95. The molecule has 0 saturated carbocycles. The van der Waals surface area contributed by atoms with Gasteiger partial charge in [-0.05, 0) is 54.8 Å². The highest BCUT2D eigenvalue weighted by Crippen LogP contribution is 2.33. The molecule has 2 aliphatic heterocycles. The minimum Gasteiger partial charge on any atom is -0.457 e. The van der Waals surface area contributed by atoms with Crippen LogP contribution in [-0.2, 0) is 15.1 Å². The molecule has 0 spiro atoms. The number of benzene rings is 2. The van der Waals surface area contributed by atoms with Crippen LogP contribution in [0.2, 0.25) is 0 Å². The lowest BCUT2D eigenvalue weighted by Gasteiger charge is -2.40. The Morgan fingerprint density at radius 2 is 1.81 bits per heavy atom. The Hall–Kier alpha value is -3.78. The Morgan fingerprint density at radius 1 is 1.12 bits per heavy atom. The van der Waals surface area contributed by atoms with E-state index in [0.29, 0.717) is 30.2 Å². The van der Waals surface area contributed by atoms with Gasteiger partial charge >= 0.3 is 0 Å². The van der Waals surface area contributed by atoms with Gasteiger partial charge in [0.1, 0.15) is 17.3 Å². The topological polar surface area (TPSA) is 114 Å². The van der Waals surface area contributed by atoms with Crippen LogP contribution in [0.4, 0.5) is 0 Å². The van der Waals surface area contributed by atoms with Crippen molar-refractivity contribution in [3.8, 4) is 11.5 Å². The van der Waals surface area contributed by atoms with Crippen molar-refractivity contribution < 1.29 is 14.3 Å². The van der Waals surface area contributed by atoms with E-state index in [1.54, 1.807) is 40.3 Å². The minimum atomic E-state index is -1.29. The third kappa shape index (κ3) is 4.04. The molecule has 0 aliphatic carbocycles. The largest absolute Gasteiger partial charge is 0.457 e. The molecule has 5 N–H and O–H groups in total. The number of piperidine rings is 1. The quantitative estimate of drug-likeness (QED) is 0.600.